The summed E-state index contributed by atoms with van der Waals surface area (Å²) in [5.41, 5.74) is 2.64. The minimum absolute atomic E-state index is 0.302. The lowest BCUT2D eigenvalue weighted by molar-refractivity contribution is 0.166. The maximum absolute atomic E-state index is 10.2. The molecule has 0 aliphatic rings. The molecule has 21 heavy (non-hydrogen) atoms. The number of benzene rings is 1. The van der Waals surface area contributed by atoms with Gasteiger partial charge in [-0.25, -0.2) is 0 Å². The number of aliphatic hydroxyl groups excluding tert-OH is 1. The van der Waals surface area contributed by atoms with Crippen LogP contribution in [0.4, 0.5) is 0 Å². The van der Waals surface area contributed by atoms with Crippen molar-refractivity contribution in [3.05, 3.63) is 35.4 Å². The van der Waals surface area contributed by atoms with Crippen LogP contribution < -0.4 is 5.32 Å². The van der Waals surface area contributed by atoms with Crippen molar-refractivity contribution in [2.24, 2.45) is 17.3 Å². The largest absolute Gasteiger partial charge is 0.387 e. The van der Waals surface area contributed by atoms with Crippen LogP contribution in [0.25, 0.3) is 0 Å². The average Bonchev–Trinajstić information content (AvgIpc) is 2.37. The van der Waals surface area contributed by atoms with Crippen molar-refractivity contribution in [1.29, 1.82) is 0 Å². The van der Waals surface area contributed by atoms with Gasteiger partial charge in [-0.15, -0.1) is 0 Å². The van der Waals surface area contributed by atoms with Crippen molar-refractivity contribution in [3.63, 3.8) is 0 Å². The molecule has 0 saturated carbocycles. The van der Waals surface area contributed by atoms with Crippen LogP contribution in [-0.2, 0) is 6.42 Å². The highest BCUT2D eigenvalue weighted by molar-refractivity contribution is 5.24. The van der Waals surface area contributed by atoms with Gasteiger partial charge in [0.15, 0.2) is 0 Å². The van der Waals surface area contributed by atoms with Crippen molar-refractivity contribution in [1.82, 2.24) is 5.32 Å². The van der Waals surface area contributed by atoms with Gasteiger partial charge in [-0.1, -0.05) is 65.8 Å². The molecule has 120 valence electrons. The van der Waals surface area contributed by atoms with Crippen molar-refractivity contribution in [3.8, 4) is 0 Å². The summed E-state index contributed by atoms with van der Waals surface area (Å²) in [6.45, 7) is 15.0. The zero-order valence-corrected chi connectivity index (χ0v) is 14.6. The second-order valence-electron chi connectivity index (χ2n) is 7.78. The fourth-order valence-electron chi connectivity index (χ4n) is 2.21. The molecule has 0 fully saturated rings. The van der Waals surface area contributed by atoms with Gasteiger partial charge < -0.3 is 10.4 Å². The van der Waals surface area contributed by atoms with E-state index < -0.39 is 6.10 Å². The molecule has 0 spiro atoms. The van der Waals surface area contributed by atoms with E-state index in [4.69, 9.17) is 0 Å². The summed E-state index contributed by atoms with van der Waals surface area (Å²) in [4.78, 5) is 0. The number of hydrogen-bond acceptors (Lipinski definition) is 2. The van der Waals surface area contributed by atoms with Crippen molar-refractivity contribution in [2.45, 2.75) is 54.1 Å². The second kappa shape index (κ2) is 7.95. The molecule has 2 N–H and O–H groups in total. The van der Waals surface area contributed by atoms with E-state index >= 15 is 0 Å². The first-order valence-corrected chi connectivity index (χ1v) is 8.17. The zero-order valence-electron chi connectivity index (χ0n) is 14.6. The minimum Gasteiger partial charge on any atom is -0.387 e. The molecular weight excluding hydrogens is 258 g/mol. The minimum atomic E-state index is -0.426. The number of rotatable bonds is 7. The Bertz CT molecular complexity index is 403. The molecule has 0 heterocycles. The van der Waals surface area contributed by atoms with Gasteiger partial charge >= 0.3 is 0 Å². The van der Waals surface area contributed by atoms with Gasteiger partial charge in [-0.2, -0.15) is 0 Å². The van der Waals surface area contributed by atoms with Crippen molar-refractivity contribution in [2.75, 3.05) is 13.1 Å². The summed E-state index contributed by atoms with van der Waals surface area (Å²) in [5.74, 6) is 1.25. The van der Waals surface area contributed by atoms with Crippen LogP contribution in [0.3, 0.4) is 0 Å². The molecule has 2 nitrogen and oxygen atoms in total. The Morgan fingerprint density at radius 1 is 1.00 bits per heavy atom. The highest BCUT2D eigenvalue weighted by Gasteiger charge is 2.19. The Hall–Kier alpha value is -0.860. The van der Waals surface area contributed by atoms with E-state index in [1.807, 2.05) is 0 Å². The molecule has 0 aliphatic carbocycles. The first-order chi connectivity index (χ1) is 9.70. The van der Waals surface area contributed by atoms with E-state index in [0.29, 0.717) is 23.8 Å². The summed E-state index contributed by atoms with van der Waals surface area (Å²) < 4.78 is 0. The normalized spacial score (nSPS) is 15.2. The Kier molecular flexibility index (Phi) is 6.89. The zero-order chi connectivity index (χ0) is 16.0. The SMILES string of the molecule is CC(C)Cc1ccc(C(O)CNCC(C)C(C)(C)C)cc1. The first-order valence-electron chi connectivity index (χ1n) is 8.17. The molecule has 0 aromatic heterocycles. The molecule has 2 atom stereocenters. The molecule has 0 aliphatic heterocycles. The molecule has 2 heteroatoms. The lowest BCUT2D eigenvalue weighted by Crippen LogP contribution is -2.32. The average molecular weight is 291 g/mol. The highest BCUT2D eigenvalue weighted by Crippen LogP contribution is 2.24. The topological polar surface area (TPSA) is 32.3 Å². The second-order valence-corrected chi connectivity index (χ2v) is 7.78. The third-order valence-corrected chi connectivity index (χ3v) is 4.28. The van der Waals surface area contributed by atoms with Gasteiger partial charge in [-0.05, 0) is 41.3 Å². The van der Waals surface area contributed by atoms with E-state index in [0.717, 1.165) is 18.5 Å². The smallest absolute Gasteiger partial charge is 0.0914 e. The van der Waals surface area contributed by atoms with Crippen LogP contribution in [-0.4, -0.2) is 18.2 Å². The summed E-state index contributed by atoms with van der Waals surface area (Å²) in [6, 6.07) is 8.38. The fourth-order valence-corrected chi connectivity index (χ4v) is 2.21. The predicted octanol–water partition coefficient (Wildman–Crippen LogP) is 4.19. The third kappa shape index (κ3) is 6.62. The van der Waals surface area contributed by atoms with Gasteiger partial charge in [-0.3, -0.25) is 0 Å². The van der Waals surface area contributed by atoms with Gasteiger partial charge in [0.2, 0.25) is 0 Å². The molecule has 0 amide bonds. The molecule has 0 radical (unpaired) electrons. The molecule has 0 saturated heterocycles. The Morgan fingerprint density at radius 3 is 2.05 bits per heavy atom. The number of nitrogens with one attached hydrogen (secondary N) is 1. The lowest BCUT2D eigenvalue weighted by atomic mass is 9.82. The maximum Gasteiger partial charge on any atom is 0.0914 e. The van der Waals surface area contributed by atoms with Gasteiger partial charge in [0.1, 0.15) is 0 Å². The van der Waals surface area contributed by atoms with Gasteiger partial charge in [0.25, 0.3) is 0 Å². The van der Waals surface area contributed by atoms with Crippen LogP contribution in [0.15, 0.2) is 24.3 Å². The summed E-state index contributed by atoms with van der Waals surface area (Å²) in [5, 5.41) is 13.6. The van der Waals surface area contributed by atoms with Gasteiger partial charge in [0, 0.05) is 6.54 Å². The lowest BCUT2D eigenvalue weighted by Gasteiger charge is -2.27. The van der Waals surface area contributed by atoms with Gasteiger partial charge in [0.05, 0.1) is 6.10 Å². The Balaban J connectivity index is 2.43. The van der Waals surface area contributed by atoms with E-state index in [1.54, 1.807) is 0 Å². The van der Waals surface area contributed by atoms with Crippen LogP contribution in [0.1, 0.15) is 58.8 Å². The molecule has 1 rings (SSSR count). The number of hydrogen-bond donors (Lipinski definition) is 2. The third-order valence-electron chi connectivity index (χ3n) is 4.28. The quantitative estimate of drug-likeness (QED) is 0.789. The maximum atomic E-state index is 10.2. The molecule has 2 unspecified atom stereocenters. The van der Waals surface area contributed by atoms with Crippen molar-refractivity contribution >= 4 is 0 Å². The Morgan fingerprint density at radius 2 is 1.57 bits per heavy atom. The first kappa shape index (κ1) is 18.2. The molecule has 0 bridgehead atoms. The van der Waals surface area contributed by atoms with Crippen LogP contribution >= 0.6 is 0 Å². The fraction of sp³-hybridized carbons (Fsp3) is 0.684. The molecule has 1 aromatic rings. The van der Waals surface area contributed by atoms with E-state index in [2.05, 4.69) is 71.1 Å². The number of aliphatic hydroxyl groups is 1. The summed E-state index contributed by atoms with van der Waals surface area (Å²) >= 11 is 0. The monoisotopic (exact) mass is 291 g/mol. The summed E-state index contributed by atoms with van der Waals surface area (Å²) in [6.07, 6.45) is 0.669. The van der Waals surface area contributed by atoms with E-state index in [9.17, 15) is 5.11 Å². The highest BCUT2D eigenvalue weighted by atomic mass is 16.3. The van der Waals surface area contributed by atoms with Crippen LogP contribution in [0, 0.1) is 17.3 Å². The van der Waals surface area contributed by atoms with Crippen LogP contribution in [0.2, 0.25) is 0 Å². The van der Waals surface area contributed by atoms with Crippen molar-refractivity contribution < 1.29 is 5.11 Å². The predicted molar refractivity (Wildman–Crippen MR) is 91.4 cm³/mol. The van der Waals surface area contributed by atoms with E-state index in [-0.39, 0.29) is 0 Å². The standard InChI is InChI=1S/C19H33NO/c1-14(2)11-16-7-9-17(10-8-16)18(21)13-20-12-15(3)19(4,5)6/h7-10,14-15,18,20-21H,11-13H2,1-6H3. The molecule has 1 aromatic carbocycles. The van der Waals surface area contributed by atoms with Crippen LogP contribution in [0.5, 0.6) is 0 Å². The molecular formula is C19H33NO. The summed E-state index contributed by atoms with van der Waals surface area (Å²) in [7, 11) is 0. The van der Waals surface area contributed by atoms with E-state index in [1.165, 1.54) is 5.56 Å². The Labute approximate surface area is 131 Å².